The van der Waals surface area contributed by atoms with E-state index in [-0.39, 0.29) is 11.6 Å². The van der Waals surface area contributed by atoms with Crippen molar-refractivity contribution in [2.75, 3.05) is 10.7 Å². The van der Waals surface area contributed by atoms with E-state index in [1.165, 1.54) is 6.07 Å². The molecule has 1 aromatic carbocycles. The van der Waals surface area contributed by atoms with Gasteiger partial charge in [0.2, 0.25) is 5.82 Å². The molecule has 0 spiro atoms. The molecule has 0 aliphatic heterocycles. The molecule has 0 radical (unpaired) electrons. The molecule has 4 N–H and O–H groups in total. The third-order valence-electron chi connectivity index (χ3n) is 2.78. The molecule has 2 aromatic rings. The monoisotopic (exact) mass is 297 g/mol. The Morgan fingerprint density at radius 2 is 1.71 bits per heavy atom. The fourth-order valence-corrected chi connectivity index (χ4v) is 1.72. The van der Waals surface area contributed by atoms with Crippen LogP contribution in [0.15, 0.2) is 24.3 Å². The molecule has 0 saturated heterocycles. The maximum atomic E-state index is 12.7. The zero-order chi connectivity index (χ0) is 15.6. The van der Waals surface area contributed by atoms with Crippen LogP contribution in [0.5, 0.6) is 0 Å². The molecule has 0 atom stereocenters. The van der Waals surface area contributed by atoms with Crippen LogP contribution in [0.2, 0.25) is 0 Å². The third-order valence-corrected chi connectivity index (χ3v) is 2.78. The van der Waals surface area contributed by atoms with Crippen LogP contribution in [-0.2, 0) is 6.18 Å². The van der Waals surface area contributed by atoms with Crippen molar-refractivity contribution in [2.45, 2.75) is 20.0 Å². The SMILES string of the molecule is Cc1ccc(C)c(Nc2cc(NN)nc(C(F)(F)F)n2)c1. The zero-order valence-electron chi connectivity index (χ0n) is 11.4. The molecule has 5 nitrogen and oxygen atoms in total. The van der Waals surface area contributed by atoms with Crippen LogP contribution in [-0.4, -0.2) is 9.97 Å². The Morgan fingerprint density at radius 1 is 1.05 bits per heavy atom. The van der Waals surface area contributed by atoms with Gasteiger partial charge in [-0.3, -0.25) is 0 Å². The van der Waals surface area contributed by atoms with Gasteiger partial charge in [0, 0.05) is 11.8 Å². The molecule has 21 heavy (non-hydrogen) atoms. The Labute approximate surface area is 119 Å². The summed E-state index contributed by atoms with van der Waals surface area (Å²) in [7, 11) is 0. The lowest BCUT2D eigenvalue weighted by atomic mass is 10.1. The van der Waals surface area contributed by atoms with E-state index in [1.54, 1.807) is 0 Å². The lowest BCUT2D eigenvalue weighted by Crippen LogP contribution is -2.16. The Morgan fingerprint density at radius 3 is 2.33 bits per heavy atom. The van der Waals surface area contributed by atoms with Crippen LogP contribution in [0.4, 0.5) is 30.5 Å². The number of halogens is 3. The maximum Gasteiger partial charge on any atom is 0.451 e. The molecule has 0 aliphatic rings. The molecule has 0 unspecified atom stereocenters. The summed E-state index contributed by atoms with van der Waals surface area (Å²) in [5.41, 5.74) is 4.63. The van der Waals surface area contributed by atoms with Gasteiger partial charge >= 0.3 is 6.18 Å². The maximum absolute atomic E-state index is 12.7. The molecule has 1 heterocycles. The molecular formula is C13H14F3N5. The van der Waals surface area contributed by atoms with Crippen LogP contribution in [0.1, 0.15) is 17.0 Å². The summed E-state index contributed by atoms with van der Waals surface area (Å²) < 4.78 is 38.2. The van der Waals surface area contributed by atoms with E-state index in [0.29, 0.717) is 5.69 Å². The number of nitrogens with one attached hydrogen (secondary N) is 2. The summed E-state index contributed by atoms with van der Waals surface area (Å²) in [6, 6.07) is 6.90. The first-order chi connectivity index (χ1) is 9.79. The van der Waals surface area contributed by atoms with Crippen molar-refractivity contribution in [3.63, 3.8) is 0 Å². The zero-order valence-corrected chi connectivity index (χ0v) is 11.4. The number of nitrogens with zero attached hydrogens (tertiary/aromatic N) is 2. The van der Waals surface area contributed by atoms with Crippen molar-refractivity contribution >= 4 is 17.3 Å². The Kier molecular flexibility index (Phi) is 3.99. The van der Waals surface area contributed by atoms with Crippen LogP contribution < -0.4 is 16.6 Å². The summed E-state index contributed by atoms with van der Waals surface area (Å²) in [5.74, 6) is 3.78. The number of rotatable bonds is 3. The van der Waals surface area contributed by atoms with Crippen LogP contribution in [0, 0.1) is 13.8 Å². The van der Waals surface area contributed by atoms with E-state index in [9.17, 15) is 13.2 Å². The first-order valence-electron chi connectivity index (χ1n) is 6.07. The average molecular weight is 297 g/mol. The molecule has 8 heteroatoms. The number of aromatic nitrogens is 2. The van der Waals surface area contributed by atoms with Gasteiger partial charge in [0.25, 0.3) is 0 Å². The normalized spacial score (nSPS) is 11.3. The summed E-state index contributed by atoms with van der Waals surface area (Å²) in [4.78, 5) is 6.77. The van der Waals surface area contributed by atoms with E-state index in [2.05, 4.69) is 20.7 Å². The number of hydrazine groups is 1. The molecular weight excluding hydrogens is 283 g/mol. The first kappa shape index (κ1) is 15.0. The number of anilines is 3. The highest BCUT2D eigenvalue weighted by atomic mass is 19.4. The highest BCUT2D eigenvalue weighted by Crippen LogP contribution is 2.29. The van der Waals surface area contributed by atoms with Gasteiger partial charge in [0.05, 0.1) is 0 Å². The lowest BCUT2D eigenvalue weighted by Gasteiger charge is -2.13. The highest BCUT2D eigenvalue weighted by Gasteiger charge is 2.35. The van der Waals surface area contributed by atoms with Crippen LogP contribution >= 0.6 is 0 Å². The third kappa shape index (κ3) is 3.60. The van der Waals surface area contributed by atoms with Crippen molar-refractivity contribution < 1.29 is 13.2 Å². The minimum absolute atomic E-state index is 0.0129. The second-order valence-electron chi connectivity index (χ2n) is 4.55. The number of hydrogen-bond donors (Lipinski definition) is 3. The Bertz CT molecular complexity index is 655. The summed E-state index contributed by atoms with van der Waals surface area (Å²) in [6.07, 6.45) is -4.65. The Hall–Kier alpha value is -2.35. The van der Waals surface area contributed by atoms with E-state index < -0.39 is 12.0 Å². The molecule has 1 aromatic heterocycles. The van der Waals surface area contributed by atoms with Gasteiger partial charge in [-0.05, 0) is 31.0 Å². The molecule has 0 aliphatic carbocycles. The number of hydrogen-bond acceptors (Lipinski definition) is 5. The minimum atomic E-state index is -4.65. The standard InChI is InChI=1S/C13H14F3N5/c1-7-3-4-8(2)9(5-7)18-10-6-11(21-17)20-12(19-10)13(14,15)16/h3-6H,17H2,1-2H3,(H2,18,19,20,21). The largest absolute Gasteiger partial charge is 0.451 e. The van der Waals surface area contributed by atoms with Crippen LogP contribution in [0.25, 0.3) is 0 Å². The van der Waals surface area contributed by atoms with Crippen molar-refractivity contribution in [3.8, 4) is 0 Å². The second kappa shape index (κ2) is 5.57. The fraction of sp³-hybridized carbons (Fsp3) is 0.231. The predicted octanol–water partition coefficient (Wildman–Crippen LogP) is 3.14. The first-order valence-corrected chi connectivity index (χ1v) is 6.07. The predicted molar refractivity (Wildman–Crippen MR) is 74.0 cm³/mol. The molecule has 0 amide bonds. The molecule has 2 rings (SSSR count). The number of aryl methyl sites for hydroxylation is 2. The number of benzene rings is 1. The van der Waals surface area contributed by atoms with Crippen molar-refractivity contribution in [3.05, 3.63) is 41.2 Å². The van der Waals surface area contributed by atoms with Crippen molar-refractivity contribution in [2.24, 2.45) is 5.84 Å². The smallest absolute Gasteiger partial charge is 0.340 e. The molecule has 0 bridgehead atoms. The van der Waals surface area contributed by atoms with Gasteiger partial charge in [-0.25, -0.2) is 15.8 Å². The van der Waals surface area contributed by atoms with Gasteiger partial charge in [-0.1, -0.05) is 12.1 Å². The number of nitrogen functional groups attached to an aromatic ring is 1. The van der Waals surface area contributed by atoms with E-state index in [4.69, 9.17) is 5.84 Å². The van der Waals surface area contributed by atoms with Crippen molar-refractivity contribution in [1.82, 2.24) is 9.97 Å². The van der Waals surface area contributed by atoms with Gasteiger partial charge in [-0.15, -0.1) is 0 Å². The molecule has 0 fully saturated rings. The van der Waals surface area contributed by atoms with Gasteiger partial charge < -0.3 is 10.7 Å². The minimum Gasteiger partial charge on any atom is -0.340 e. The molecule has 0 saturated carbocycles. The lowest BCUT2D eigenvalue weighted by molar-refractivity contribution is -0.144. The van der Waals surface area contributed by atoms with Crippen molar-refractivity contribution in [1.29, 1.82) is 0 Å². The molecule has 112 valence electrons. The van der Waals surface area contributed by atoms with Gasteiger partial charge in [0.15, 0.2) is 0 Å². The van der Waals surface area contributed by atoms with E-state index in [0.717, 1.165) is 11.1 Å². The Balaban J connectivity index is 2.42. The number of alkyl halides is 3. The number of nitrogens with two attached hydrogens (primary N) is 1. The van der Waals surface area contributed by atoms with Gasteiger partial charge in [0.1, 0.15) is 11.6 Å². The highest BCUT2D eigenvalue weighted by molar-refractivity contribution is 5.63. The van der Waals surface area contributed by atoms with E-state index in [1.807, 2.05) is 32.0 Å². The van der Waals surface area contributed by atoms with Crippen LogP contribution in [0.3, 0.4) is 0 Å². The summed E-state index contributed by atoms with van der Waals surface area (Å²) >= 11 is 0. The topological polar surface area (TPSA) is 75.9 Å². The summed E-state index contributed by atoms with van der Waals surface area (Å²) in [6.45, 7) is 3.73. The van der Waals surface area contributed by atoms with Gasteiger partial charge in [-0.2, -0.15) is 13.2 Å². The summed E-state index contributed by atoms with van der Waals surface area (Å²) in [5, 5.41) is 2.85. The quantitative estimate of drug-likeness (QED) is 0.599. The average Bonchev–Trinajstić information content (AvgIpc) is 2.41. The second-order valence-corrected chi connectivity index (χ2v) is 4.55. The van der Waals surface area contributed by atoms with E-state index >= 15 is 0 Å². The fourth-order valence-electron chi connectivity index (χ4n) is 1.72.